The smallest absolute Gasteiger partial charge is 0.0874 e. The molecule has 0 aromatic heterocycles. The number of hydrogen-bond acceptors (Lipinski definition) is 0. The maximum atomic E-state index is 4.81. The Morgan fingerprint density at radius 2 is 1.00 bits per heavy atom. The molecule has 0 aromatic rings. The molecule has 4 heteroatoms. The predicted octanol–water partition coefficient (Wildman–Crippen LogP) is 1.98. The molecule has 0 aliphatic rings. The Bertz CT molecular complexity index is 11.6. The molecule has 0 bridgehead atoms. The summed E-state index contributed by atoms with van der Waals surface area (Å²) in [6.07, 6.45) is 0. The number of halogens is 3. The first-order valence-electron chi connectivity index (χ1n) is 0.655. The first-order chi connectivity index (χ1) is 1.73. The van der Waals surface area contributed by atoms with E-state index in [1.165, 1.54) is 0 Å². The molecule has 0 aromatic carbocycles. The van der Waals surface area contributed by atoms with Crippen LogP contribution in [-0.4, -0.2) is 4.30 Å². The van der Waals surface area contributed by atoms with Gasteiger partial charge < -0.3 is 0 Å². The van der Waals surface area contributed by atoms with Crippen LogP contribution in [0.2, 0.25) is 0 Å². The van der Waals surface area contributed by atoms with Crippen molar-refractivity contribution in [2.24, 2.45) is 0 Å². The van der Waals surface area contributed by atoms with Crippen LogP contribution in [0.15, 0.2) is 0 Å². The van der Waals surface area contributed by atoms with Crippen molar-refractivity contribution in [2.45, 2.75) is 4.30 Å². The van der Waals surface area contributed by atoms with E-state index in [4.69, 9.17) is 34.8 Å². The molecule has 0 N–H and O–H groups in total. The van der Waals surface area contributed by atoms with Gasteiger partial charge in [0.25, 0.3) is 0 Å². The molecule has 0 nitrogen and oxygen atoms in total. The van der Waals surface area contributed by atoms with Crippen LogP contribution in [0.4, 0.5) is 0 Å². The molecule has 0 aliphatic heterocycles. The Morgan fingerprint density at radius 1 is 1.00 bits per heavy atom. The van der Waals surface area contributed by atoms with Crippen molar-refractivity contribution in [3.63, 3.8) is 0 Å². The number of hydrogen-bond donors (Lipinski definition) is 0. The van der Waals surface area contributed by atoms with Gasteiger partial charge in [-0.1, -0.05) is 34.8 Å². The Hall–Kier alpha value is 1.56. The van der Waals surface area contributed by atoms with Crippen molar-refractivity contribution < 1.29 is 21.1 Å². The fourth-order valence-corrected chi connectivity index (χ4v) is 0. The minimum Gasteiger partial charge on any atom is -0.0874 e. The molecule has 0 saturated heterocycles. The van der Waals surface area contributed by atoms with Crippen LogP contribution >= 0.6 is 34.8 Å². The van der Waals surface area contributed by atoms with E-state index >= 15 is 0 Å². The summed E-state index contributed by atoms with van der Waals surface area (Å²) < 4.78 is -0.750. The van der Waals surface area contributed by atoms with Gasteiger partial charge in [0.2, 0.25) is 0 Å². The molecule has 0 rings (SSSR count). The summed E-state index contributed by atoms with van der Waals surface area (Å²) in [4.78, 5) is 0. The summed E-state index contributed by atoms with van der Waals surface area (Å²) in [6, 6.07) is 0. The zero-order valence-corrected chi connectivity index (χ0v) is 6.57. The fourth-order valence-electron chi connectivity index (χ4n) is 0. The van der Waals surface area contributed by atoms with Gasteiger partial charge in [-0.3, -0.25) is 0 Å². The third-order valence-electron chi connectivity index (χ3n) is 0. The van der Waals surface area contributed by atoms with Gasteiger partial charge in [0.1, 0.15) is 0 Å². The van der Waals surface area contributed by atoms with E-state index in [-0.39, 0.29) is 21.1 Å². The maximum Gasteiger partial charge on any atom is 0.180 e. The molecule has 0 fully saturated rings. The largest absolute Gasteiger partial charge is 0.180 e. The first kappa shape index (κ1) is 9.75. The van der Waals surface area contributed by atoms with Crippen molar-refractivity contribution in [1.82, 2.24) is 0 Å². The van der Waals surface area contributed by atoms with Crippen LogP contribution in [0, 0.1) is 0 Å². The minimum absolute atomic E-state index is 0. The molecular formula is CHCl3Pt. The summed E-state index contributed by atoms with van der Waals surface area (Å²) in [5.74, 6) is 0. The van der Waals surface area contributed by atoms with Crippen LogP contribution in [0.3, 0.4) is 0 Å². The van der Waals surface area contributed by atoms with Gasteiger partial charge >= 0.3 is 0 Å². The Labute approximate surface area is 60.0 Å². The summed E-state index contributed by atoms with van der Waals surface area (Å²) in [7, 11) is 0. The first-order valence-corrected chi connectivity index (χ1v) is 1.96. The molecule has 0 atom stereocenters. The van der Waals surface area contributed by atoms with Crippen molar-refractivity contribution in [2.75, 3.05) is 0 Å². The Kier molecular flexibility index (Phi) is 10.8. The molecule has 0 amide bonds. The van der Waals surface area contributed by atoms with Gasteiger partial charge in [0.15, 0.2) is 4.30 Å². The van der Waals surface area contributed by atoms with Crippen LogP contribution in [-0.2, 0) is 21.1 Å². The molecule has 0 heterocycles. The average molecular weight is 314 g/mol. The van der Waals surface area contributed by atoms with E-state index in [2.05, 4.69) is 0 Å². The minimum atomic E-state index is -0.750. The van der Waals surface area contributed by atoms with Crippen LogP contribution < -0.4 is 0 Å². The van der Waals surface area contributed by atoms with Crippen LogP contribution in [0.1, 0.15) is 0 Å². The Balaban J connectivity index is 0. The van der Waals surface area contributed by atoms with Gasteiger partial charge in [-0.05, 0) is 0 Å². The number of rotatable bonds is 0. The molecular weight excluding hydrogens is 313 g/mol. The molecule has 36 valence electrons. The summed E-state index contributed by atoms with van der Waals surface area (Å²) in [5, 5.41) is 0. The average Bonchev–Trinajstić information content (AvgIpc) is 0.811. The van der Waals surface area contributed by atoms with E-state index in [1.54, 1.807) is 0 Å². The van der Waals surface area contributed by atoms with Gasteiger partial charge in [0, 0.05) is 21.1 Å². The van der Waals surface area contributed by atoms with Crippen molar-refractivity contribution >= 4 is 34.8 Å². The fraction of sp³-hybridized carbons (Fsp3) is 1.00. The van der Waals surface area contributed by atoms with E-state index in [1.807, 2.05) is 0 Å². The maximum absolute atomic E-state index is 4.81. The van der Waals surface area contributed by atoms with Crippen molar-refractivity contribution in [3.8, 4) is 0 Å². The molecule has 5 heavy (non-hydrogen) atoms. The molecule has 0 saturated carbocycles. The van der Waals surface area contributed by atoms with Crippen molar-refractivity contribution in [3.05, 3.63) is 0 Å². The second-order valence-electron chi connectivity index (χ2n) is 0.247. The quantitative estimate of drug-likeness (QED) is 0.600. The predicted molar refractivity (Wildman–Crippen MR) is 21.3 cm³/mol. The second kappa shape index (κ2) is 5.56. The normalized spacial score (nSPS) is 7.20. The Morgan fingerprint density at radius 3 is 1.00 bits per heavy atom. The van der Waals surface area contributed by atoms with Crippen LogP contribution in [0.5, 0.6) is 0 Å². The zero-order chi connectivity index (χ0) is 3.58. The summed E-state index contributed by atoms with van der Waals surface area (Å²) in [5.41, 5.74) is 0. The monoisotopic (exact) mass is 313 g/mol. The van der Waals surface area contributed by atoms with E-state index < -0.39 is 4.30 Å². The molecule has 0 aliphatic carbocycles. The zero-order valence-electron chi connectivity index (χ0n) is 2.03. The number of alkyl halides is 3. The van der Waals surface area contributed by atoms with E-state index in [9.17, 15) is 0 Å². The standard InChI is InChI=1S/CHCl3.Pt/c2-1(3)4;/h1H;. The summed E-state index contributed by atoms with van der Waals surface area (Å²) in [6.45, 7) is 0. The van der Waals surface area contributed by atoms with Gasteiger partial charge in [-0.2, -0.15) is 0 Å². The SMILES string of the molecule is ClC(Cl)Cl.[Pt]. The van der Waals surface area contributed by atoms with E-state index in [0.29, 0.717) is 0 Å². The molecule has 0 radical (unpaired) electrons. The van der Waals surface area contributed by atoms with E-state index in [0.717, 1.165) is 0 Å². The van der Waals surface area contributed by atoms with Gasteiger partial charge in [0.05, 0.1) is 0 Å². The second-order valence-corrected chi connectivity index (χ2v) is 2.23. The van der Waals surface area contributed by atoms with Crippen LogP contribution in [0.25, 0.3) is 0 Å². The molecule has 0 unspecified atom stereocenters. The topological polar surface area (TPSA) is 0 Å². The third-order valence-corrected chi connectivity index (χ3v) is 0. The summed E-state index contributed by atoms with van der Waals surface area (Å²) >= 11 is 14.4. The van der Waals surface area contributed by atoms with Gasteiger partial charge in [-0.15, -0.1) is 0 Å². The third kappa shape index (κ3) is 29.0. The van der Waals surface area contributed by atoms with Crippen molar-refractivity contribution in [1.29, 1.82) is 0 Å². The molecule has 0 spiro atoms. The van der Waals surface area contributed by atoms with Gasteiger partial charge in [-0.25, -0.2) is 0 Å².